The number of carbonyl (C=O) groups is 1. The minimum absolute atomic E-state index is 0.256. The van der Waals surface area contributed by atoms with Gasteiger partial charge in [-0.2, -0.15) is 0 Å². The van der Waals surface area contributed by atoms with Gasteiger partial charge in [-0.25, -0.2) is 13.1 Å². The molecular formula is C16H17F3N2O5S. The Kier molecular flexibility index (Phi) is 5.57. The Balaban J connectivity index is 2.21. The molecule has 2 N–H and O–H groups in total. The number of benzene rings is 1. The second kappa shape index (κ2) is 7.24. The van der Waals surface area contributed by atoms with Gasteiger partial charge in [0.05, 0.1) is 5.69 Å². The van der Waals surface area contributed by atoms with Gasteiger partial charge in [-0.3, -0.25) is 4.79 Å². The Morgan fingerprint density at radius 1 is 1.07 bits per heavy atom. The Morgan fingerprint density at radius 3 is 2.30 bits per heavy atom. The number of amides is 1. The van der Waals surface area contributed by atoms with Gasteiger partial charge < -0.3 is 14.5 Å². The molecule has 0 spiro atoms. The molecule has 0 aliphatic carbocycles. The molecule has 1 aromatic heterocycles. The van der Waals surface area contributed by atoms with Gasteiger partial charge >= 0.3 is 6.36 Å². The van der Waals surface area contributed by atoms with E-state index in [2.05, 4.69) is 14.8 Å². The van der Waals surface area contributed by atoms with Gasteiger partial charge in [0.1, 0.15) is 0 Å². The molecule has 11 heteroatoms. The van der Waals surface area contributed by atoms with Crippen LogP contribution in [0.4, 0.5) is 18.9 Å². The lowest BCUT2D eigenvalue weighted by molar-refractivity contribution is -0.274. The quantitative estimate of drug-likeness (QED) is 0.792. The first kappa shape index (κ1) is 20.8. The highest BCUT2D eigenvalue weighted by molar-refractivity contribution is 7.89. The molecule has 0 radical (unpaired) electrons. The van der Waals surface area contributed by atoms with Gasteiger partial charge in [-0.15, -0.1) is 13.2 Å². The van der Waals surface area contributed by atoms with Crippen molar-refractivity contribution in [2.75, 3.05) is 5.32 Å². The largest absolute Gasteiger partial charge is 0.573 e. The van der Waals surface area contributed by atoms with Gasteiger partial charge in [0, 0.05) is 5.54 Å². The lowest BCUT2D eigenvalue weighted by atomic mass is 10.1. The fourth-order valence-electron chi connectivity index (χ4n) is 2.01. The second-order valence-electron chi connectivity index (χ2n) is 6.47. The van der Waals surface area contributed by atoms with Crippen LogP contribution in [0.2, 0.25) is 0 Å². The van der Waals surface area contributed by atoms with E-state index in [0.29, 0.717) is 0 Å². The van der Waals surface area contributed by atoms with Crippen molar-refractivity contribution in [1.82, 2.24) is 4.72 Å². The molecule has 0 fully saturated rings. The van der Waals surface area contributed by atoms with Crippen LogP contribution in [0, 0.1) is 0 Å². The average Bonchev–Trinajstić information content (AvgIpc) is 2.96. The molecule has 0 atom stereocenters. The van der Waals surface area contributed by atoms with Crippen molar-refractivity contribution < 1.29 is 35.5 Å². The molecular weight excluding hydrogens is 389 g/mol. The van der Waals surface area contributed by atoms with E-state index in [-0.39, 0.29) is 5.69 Å². The standard InChI is InChI=1S/C16H17F3N2O5S/c1-15(2,3)21-27(23,24)13-9-8-12(25-13)14(22)20-10-6-4-5-7-11(10)26-16(17,18)19/h4-9,21H,1-3H3,(H,20,22). The van der Waals surface area contributed by atoms with Crippen molar-refractivity contribution in [2.24, 2.45) is 0 Å². The molecule has 0 unspecified atom stereocenters. The predicted molar refractivity (Wildman–Crippen MR) is 89.9 cm³/mol. The van der Waals surface area contributed by atoms with Crippen molar-refractivity contribution >= 4 is 21.6 Å². The third kappa shape index (κ3) is 6.00. The topological polar surface area (TPSA) is 97.6 Å². The van der Waals surface area contributed by atoms with Crippen LogP contribution in [0.5, 0.6) is 5.75 Å². The highest BCUT2D eigenvalue weighted by Crippen LogP contribution is 2.30. The van der Waals surface area contributed by atoms with Crippen molar-refractivity contribution in [3.8, 4) is 5.75 Å². The Labute approximate surface area is 153 Å². The van der Waals surface area contributed by atoms with Gasteiger partial charge in [-0.1, -0.05) is 12.1 Å². The number of ether oxygens (including phenoxy) is 1. The SMILES string of the molecule is CC(C)(C)NS(=O)(=O)c1ccc(C(=O)Nc2ccccc2OC(F)(F)F)o1. The van der Waals surface area contributed by atoms with Crippen LogP contribution >= 0.6 is 0 Å². The molecule has 2 rings (SSSR count). The van der Waals surface area contributed by atoms with Crippen molar-refractivity contribution in [3.05, 3.63) is 42.2 Å². The summed E-state index contributed by atoms with van der Waals surface area (Å²) in [5, 5.41) is 1.69. The van der Waals surface area contributed by atoms with Gasteiger partial charge in [0.25, 0.3) is 15.9 Å². The zero-order valence-electron chi connectivity index (χ0n) is 14.5. The molecule has 2 aromatic rings. The van der Waals surface area contributed by atoms with Crippen LogP contribution < -0.4 is 14.8 Å². The maximum absolute atomic E-state index is 12.4. The number of hydrogen-bond donors (Lipinski definition) is 2. The zero-order valence-corrected chi connectivity index (χ0v) is 15.4. The highest BCUT2D eigenvalue weighted by Gasteiger charge is 2.32. The fourth-order valence-corrected chi connectivity index (χ4v) is 3.36. The van der Waals surface area contributed by atoms with E-state index in [4.69, 9.17) is 4.42 Å². The molecule has 7 nitrogen and oxygen atoms in total. The van der Waals surface area contributed by atoms with Crippen LogP contribution in [0.3, 0.4) is 0 Å². The van der Waals surface area contributed by atoms with Crippen LogP contribution in [0.25, 0.3) is 0 Å². The van der Waals surface area contributed by atoms with Crippen LogP contribution in [-0.2, 0) is 10.0 Å². The molecule has 0 aliphatic heterocycles. The van der Waals surface area contributed by atoms with E-state index in [1.54, 1.807) is 20.8 Å². The number of sulfonamides is 1. The highest BCUT2D eigenvalue weighted by atomic mass is 32.2. The summed E-state index contributed by atoms with van der Waals surface area (Å²) in [7, 11) is -4.01. The molecule has 148 valence electrons. The van der Waals surface area contributed by atoms with E-state index in [1.807, 2.05) is 0 Å². The summed E-state index contributed by atoms with van der Waals surface area (Å²) in [4.78, 5) is 12.2. The number of para-hydroxylation sites is 2. The fraction of sp³-hybridized carbons (Fsp3) is 0.312. The summed E-state index contributed by atoms with van der Waals surface area (Å²) >= 11 is 0. The molecule has 1 heterocycles. The average molecular weight is 406 g/mol. The molecule has 1 amide bonds. The number of rotatable bonds is 5. The summed E-state index contributed by atoms with van der Waals surface area (Å²) < 4.78 is 72.8. The first-order valence-electron chi connectivity index (χ1n) is 7.57. The van der Waals surface area contributed by atoms with E-state index in [0.717, 1.165) is 18.2 Å². The van der Waals surface area contributed by atoms with Gasteiger partial charge in [0.2, 0.25) is 5.09 Å². The smallest absolute Gasteiger partial charge is 0.438 e. The molecule has 0 bridgehead atoms. The molecule has 0 aliphatic rings. The summed E-state index contributed by atoms with van der Waals surface area (Å²) in [6, 6.07) is 7.08. The first-order valence-corrected chi connectivity index (χ1v) is 9.05. The number of carbonyl (C=O) groups excluding carboxylic acids is 1. The van der Waals surface area contributed by atoms with Crippen molar-refractivity contribution in [2.45, 2.75) is 37.8 Å². The van der Waals surface area contributed by atoms with Crippen molar-refractivity contribution in [1.29, 1.82) is 0 Å². The van der Waals surface area contributed by atoms with Crippen LogP contribution in [0.1, 0.15) is 31.3 Å². The number of alkyl halides is 3. The van der Waals surface area contributed by atoms with E-state index in [1.165, 1.54) is 18.2 Å². The monoisotopic (exact) mass is 406 g/mol. The Morgan fingerprint density at radius 2 is 1.70 bits per heavy atom. The van der Waals surface area contributed by atoms with E-state index >= 15 is 0 Å². The Hall–Kier alpha value is -2.53. The predicted octanol–water partition coefficient (Wildman–Crippen LogP) is 3.51. The van der Waals surface area contributed by atoms with Crippen LogP contribution in [-0.4, -0.2) is 26.2 Å². The minimum atomic E-state index is -4.94. The first-order chi connectivity index (χ1) is 12.3. The van der Waals surface area contributed by atoms with Crippen LogP contribution in [0.15, 0.2) is 45.9 Å². The van der Waals surface area contributed by atoms with E-state index < -0.39 is 44.4 Å². The number of furan rings is 1. The number of nitrogens with one attached hydrogen (secondary N) is 2. The van der Waals surface area contributed by atoms with Gasteiger partial charge in [-0.05, 0) is 45.0 Å². The number of hydrogen-bond acceptors (Lipinski definition) is 5. The maximum Gasteiger partial charge on any atom is 0.573 e. The van der Waals surface area contributed by atoms with Crippen molar-refractivity contribution in [3.63, 3.8) is 0 Å². The summed E-state index contributed by atoms with van der Waals surface area (Å²) in [6.07, 6.45) is -4.94. The number of anilines is 1. The summed E-state index contributed by atoms with van der Waals surface area (Å²) in [5.74, 6) is -1.95. The maximum atomic E-state index is 12.4. The third-order valence-corrected chi connectivity index (χ3v) is 4.50. The van der Waals surface area contributed by atoms with E-state index in [9.17, 15) is 26.4 Å². The molecule has 0 saturated heterocycles. The zero-order chi connectivity index (χ0) is 20.5. The normalized spacial score (nSPS) is 12.7. The minimum Gasteiger partial charge on any atom is -0.438 e. The second-order valence-corrected chi connectivity index (χ2v) is 8.09. The lowest BCUT2D eigenvalue weighted by Gasteiger charge is -2.19. The third-order valence-electron chi connectivity index (χ3n) is 2.87. The number of halogens is 3. The molecule has 0 saturated carbocycles. The van der Waals surface area contributed by atoms with Gasteiger partial charge in [0.15, 0.2) is 11.5 Å². The lowest BCUT2D eigenvalue weighted by Crippen LogP contribution is -2.40. The summed E-state index contributed by atoms with van der Waals surface area (Å²) in [6.45, 7) is 4.87. The molecule has 1 aromatic carbocycles. The summed E-state index contributed by atoms with van der Waals surface area (Å²) in [5.41, 5.74) is -1.03. The Bertz CT molecular complexity index is 930. The molecule has 27 heavy (non-hydrogen) atoms.